The van der Waals surface area contributed by atoms with Gasteiger partial charge in [-0.3, -0.25) is 0 Å². The van der Waals surface area contributed by atoms with E-state index in [9.17, 15) is 4.39 Å². The molecule has 0 aliphatic rings. The van der Waals surface area contributed by atoms with Crippen LogP contribution in [0.2, 0.25) is 0 Å². The molecule has 0 atom stereocenters. The molecule has 0 heterocycles. The fraction of sp³-hybridized carbons (Fsp3) is 0.125. The van der Waals surface area contributed by atoms with Gasteiger partial charge in [-0.15, -0.1) is 0 Å². The van der Waals surface area contributed by atoms with E-state index >= 15 is 0 Å². The smallest absolute Gasteiger partial charge is 0.115 e. The van der Waals surface area contributed by atoms with E-state index < -0.39 is 6.67 Å². The number of halogens is 1. The van der Waals surface area contributed by atoms with Crippen LogP contribution in [0, 0.1) is 34.6 Å². The lowest BCUT2D eigenvalue weighted by Crippen LogP contribution is -2.10. The number of alkyl halides is 1. The van der Waals surface area contributed by atoms with Gasteiger partial charge in [-0.2, -0.15) is 0 Å². The highest BCUT2D eigenvalue weighted by Gasteiger charge is 2.16. The summed E-state index contributed by atoms with van der Waals surface area (Å²) in [6.45, 7) is 10.2. The van der Waals surface area contributed by atoms with Crippen LogP contribution in [-0.4, -0.2) is 0 Å². The molecule has 0 amide bonds. The highest BCUT2D eigenvalue weighted by atomic mass is 19.1. The first-order valence-corrected chi connectivity index (χ1v) is 17.5. The first-order chi connectivity index (χ1) is 24.7. The summed E-state index contributed by atoms with van der Waals surface area (Å²) in [5, 5.41) is 0. The summed E-state index contributed by atoms with van der Waals surface area (Å²) in [5.74, 6) is 0. The number of hydrogen-bond acceptors (Lipinski definition) is 2. The van der Waals surface area contributed by atoms with Crippen molar-refractivity contribution >= 4 is 34.1 Å². The predicted molar refractivity (Wildman–Crippen MR) is 215 cm³/mol. The van der Waals surface area contributed by atoms with E-state index in [-0.39, 0.29) is 0 Å². The molecule has 0 bridgehead atoms. The molecule has 0 aliphatic carbocycles. The first kappa shape index (κ1) is 33.6. The lowest BCUT2D eigenvalue weighted by molar-refractivity contribution is 0.485. The molecule has 0 saturated heterocycles. The topological polar surface area (TPSA) is 6.48 Å². The lowest BCUT2D eigenvalue weighted by atomic mass is 9.99. The van der Waals surface area contributed by atoms with Gasteiger partial charge in [0.1, 0.15) is 6.67 Å². The maximum atomic E-state index is 13.3. The third kappa shape index (κ3) is 7.49. The summed E-state index contributed by atoms with van der Waals surface area (Å²) >= 11 is 0. The zero-order chi connectivity index (χ0) is 35.5. The molecule has 7 rings (SSSR count). The van der Waals surface area contributed by atoms with Crippen LogP contribution in [0.25, 0.3) is 22.3 Å². The molecule has 0 N–H and O–H groups in total. The maximum Gasteiger partial charge on any atom is 0.115 e. The largest absolute Gasteiger partial charge is 0.310 e. The standard InChI is InChI=1S/C48H43FN2/c1-33-6-18-43(19-7-33)50(47-28-34(2)26-35(3)29-47)45-22-14-41(15-23-45)39-10-12-40(13-11-39)42-16-24-46(25-17-42)51(44-20-8-38(32-49)9-21-44)48-30-36(4)27-37(5)31-48/h6-31H,32H2,1-5H3. The molecule has 2 nitrogen and oxygen atoms in total. The van der Waals surface area contributed by atoms with Crippen LogP contribution >= 0.6 is 0 Å². The van der Waals surface area contributed by atoms with Gasteiger partial charge in [0.2, 0.25) is 0 Å². The Kier molecular flexibility index (Phi) is 9.55. The SMILES string of the molecule is Cc1ccc(N(c2ccc(-c3ccc(-c4ccc(N(c5ccc(CF)cc5)c5cc(C)cc(C)c5)cc4)cc3)cc2)c2cc(C)cc(C)c2)cc1. The average Bonchev–Trinajstić information content (AvgIpc) is 3.13. The molecular weight excluding hydrogens is 624 g/mol. The highest BCUT2D eigenvalue weighted by Crippen LogP contribution is 2.39. The van der Waals surface area contributed by atoms with E-state index in [2.05, 4.69) is 178 Å². The molecule has 7 aromatic carbocycles. The molecule has 0 radical (unpaired) electrons. The van der Waals surface area contributed by atoms with Crippen molar-refractivity contribution in [3.63, 3.8) is 0 Å². The van der Waals surface area contributed by atoms with E-state index in [0.29, 0.717) is 5.56 Å². The molecule has 0 aliphatic heterocycles. The molecule has 252 valence electrons. The maximum absolute atomic E-state index is 13.3. The molecule has 7 aromatic rings. The van der Waals surface area contributed by atoms with Crippen molar-refractivity contribution in [2.45, 2.75) is 41.3 Å². The van der Waals surface area contributed by atoms with Crippen molar-refractivity contribution in [2.24, 2.45) is 0 Å². The van der Waals surface area contributed by atoms with E-state index in [1.54, 1.807) is 0 Å². The van der Waals surface area contributed by atoms with Gasteiger partial charge in [0.05, 0.1) is 0 Å². The molecule has 0 fully saturated rings. The quantitative estimate of drug-likeness (QED) is 0.151. The van der Waals surface area contributed by atoms with Crippen molar-refractivity contribution in [3.8, 4) is 22.3 Å². The molecule has 0 unspecified atom stereocenters. The molecule has 0 spiro atoms. The zero-order valence-electron chi connectivity index (χ0n) is 30.0. The fourth-order valence-electron chi connectivity index (χ4n) is 6.94. The predicted octanol–water partition coefficient (Wildman–Crippen LogP) is 14.0. The minimum absolute atomic E-state index is 0.469. The second-order valence-corrected chi connectivity index (χ2v) is 13.7. The van der Waals surface area contributed by atoms with Crippen molar-refractivity contribution < 1.29 is 4.39 Å². The molecule has 0 aromatic heterocycles. The van der Waals surface area contributed by atoms with Gasteiger partial charge in [0, 0.05) is 34.1 Å². The second-order valence-electron chi connectivity index (χ2n) is 13.7. The zero-order valence-corrected chi connectivity index (χ0v) is 30.0. The Labute approximate surface area is 302 Å². The Hall–Kier alpha value is -5.93. The summed E-state index contributed by atoms with van der Waals surface area (Å²) in [4.78, 5) is 4.56. The lowest BCUT2D eigenvalue weighted by Gasteiger charge is -2.26. The van der Waals surface area contributed by atoms with Crippen molar-refractivity contribution in [1.29, 1.82) is 0 Å². The fourth-order valence-corrected chi connectivity index (χ4v) is 6.94. The van der Waals surface area contributed by atoms with Crippen LogP contribution in [0.3, 0.4) is 0 Å². The average molecular weight is 667 g/mol. The van der Waals surface area contributed by atoms with Gasteiger partial charge >= 0.3 is 0 Å². The van der Waals surface area contributed by atoms with Crippen molar-refractivity contribution in [3.05, 3.63) is 191 Å². The Morgan fingerprint density at radius 1 is 0.314 bits per heavy atom. The van der Waals surface area contributed by atoms with Gasteiger partial charge < -0.3 is 9.80 Å². The number of hydrogen-bond donors (Lipinski definition) is 0. The minimum atomic E-state index is -0.469. The number of anilines is 6. The van der Waals surface area contributed by atoms with Gasteiger partial charge in [0.15, 0.2) is 0 Å². The Morgan fingerprint density at radius 2 is 0.588 bits per heavy atom. The third-order valence-corrected chi connectivity index (χ3v) is 9.37. The second kappa shape index (κ2) is 14.5. The summed E-state index contributed by atoms with van der Waals surface area (Å²) < 4.78 is 13.3. The van der Waals surface area contributed by atoms with Gasteiger partial charge in [-0.05, 0) is 157 Å². The van der Waals surface area contributed by atoms with Crippen molar-refractivity contribution in [1.82, 2.24) is 0 Å². The van der Waals surface area contributed by atoms with E-state index in [1.165, 1.54) is 38.9 Å². The highest BCUT2D eigenvalue weighted by molar-refractivity contribution is 5.81. The Morgan fingerprint density at radius 3 is 0.902 bits per heavy atom. The molecule has 3 heteroatoms. The first-order valence-electron chi connectivity index (χ1n) is 17.5. The molecule has 51 heavy (non-hydrogen) atoms. The number of nitrogens with zero attached hydrogens (tertiary/aromatic N) is 2. The molecule has 0 saturated carbocycles. The summed E-state index contributed by atoms with van der Waals surface area (Å²) in [5.41, 5.74) is 18.0. The molecular formula is C48H43FN2. The number of aryl methyl sites for hydroxylation is 5. The Balaban J connectivity index is 1.14. The summed E-state index contributed by atoms with van der Waals surface area (Å²) in [6.07, 6.45) is 0. The monoisotopic (exact) mass is 666 g/mol. The summed E-state index contributed by atoms with van der Waals surface area (Å²) in [7, 11) is 0. The number of benzene rings is 7. The van der Waals surface area contributed by atoms with Crippen molar-refractivity contribution in [2.75, 3.05) is 9.80 Å². The van der Waals surface area contributed by atoms with E-state index in [1.807, 2.05) is 24.3 Å². The normalized spacial score (nSPS) is 11.0. The van der Waals surface area contributed by atoms with Crippen LogP contribution in [-0.2, 0) is 6.67 Å². The minimum Gasteiger partial charge on any atom is -0.310 e. The van der Waals surface area contributed by atoms with E-state index in [4.69, 9.17) is 0 Å². The van der Waals surface area contributed by atoms with Gasteiger partial charge in [-0.25, -0.2) is 4.39 Å². The Bertz CT molecular complexity index is 2210. The van der Waals surface area contributed by atoms with Crippen LogP contribution < -0.4 is 9.80 Å². The van der Waals surface area contributed by atoms with Crippen LogP contribution in [0.15, 0.2) is 158 Å². The summed E-state index contributed by atoms with van der Waals surface area (Å²) in [6, 6.07) is 56.1. The third-order valence-electron chi connectivity index (χ3n) is 9.37. The van der Waals surface area contributed by atoms with Gasteiger partial charge in [0.25, 0.3) is 0 Å². The van der Waals surface area contributed by atoms with Crippen LogP contribution in [0.4, 0.5) is 38.5 Å². The number of rotatable bonds is 9. The van der Waals surface area contributed by atoms with Crippen LogP contribution in [0.1, 0.15) is 33.4 Å². The van der Waals surface area contributed by atoms with Gasteiger partial charge in [-0.1, -0.05) is 90.5 Å². The van der Waals surface area contributed by atoms with Crippen LogP contribution in [0.5, 0.6) is 0 Å². The van der Waals surface area contributed by atoms with E-state index in [0.717, 1.165) is 45.3 Å².